The number of aromatic hydroxyl groups is 1. The molecule has 1 unspecified atom stereocenters. The zero-order valence-electron chi connectivity index (χ0n) is 17.7. The van der Waals surface area contributed by atoms with Crippen LogP contribution < -0.4 is 10.6 Å². The van der Waals surface area contributed by atoms with Crippen molar-refractivity contribution in [1.29, 1.82) is 0 Å². The van der Waals surface area contributed by atoms with Gasteiger partial charge in [0.25, 0.3) is 0 Å². The zero-order valence-corrected chi connectivity index (χ0v) is 18.5. The summed E-state index contributed by atoms with van der Waals surface area (Å²) < 4.78 is 38.7. The van der Waals surface area contributed by atoms with Crippen LogP contribution in [0.2, 0.25) is 0 Å². The van der Waals surface area contributed by atoms with Crippen molar-refractivity contribution < 1.29 is 32.7 Å². The number of carbonyl (C=O) groups is 3. The first-order valence-electron chi connectivity index (χ1n) is 10.4. The molecule has 7 nitrogen and oxygen atoms in total. The number of halogens is 3. The number of imide groups is 1. The van der Waals surface area contributed by atoms with E-state index in [1.54, 1.807) is 24.4 Å². The minimum atomic E-state index is -4.36. The smallest absolute Gasteiger partial charge is 0.446 e. The molecule has 1 atom stereocenters. The summed E-state index contributed by atoms with van der Waals surface area (Å²) in [5.74, 6) is -1.18. The molecule has 2 heterocycles. The molecule has 3 amide bonds. The Kier molecular flexibility index (Phi) is 6.56. The lowest BCUT2D eigenvalue weighted by Crippen LogP contribution is -2.41. The molecule has 1 saturated heterocycles. The van der Waals surface area contributed by atoms with Gasteiger partial charge in [-0.05, 0) is 53.6 Å². The first-order valence-corrected chi connectivity index (χ1v) is 11.2. The predicted molar refractivity (Wildman–Crippen MR) is 119 cm³/mol. The SMILES string of the molecule is O=C(Cc1ccc(SC(F)(F)F)cc1)NCc1ccc2c(O)n(C3CCC(=O)NC3=O)cc2c1. The summed E-state index contributed by atoms with van der Waals surface area (Å²) in [7, 11) is 0. The Balaban J connectivity index is 1.38. The first-order chi connectivity index (χ1) is 16.1. The van der Waals surface area contributed by atoms with E-state index < -0.39 is 17.5 Å². The number of hydrogen-bond donors (Lipinski definition) is 3. The standard InChI is InChI=1S/C23H20F3N3O4S/c24-23(25,26)34-16-4-1-13(2-5-16)10-20(31)27-11-14-3-6-17-15(9-14)12-29(22(17)33)18-7-8-19(30)28-21(18)32/h1-6,9,12,18,33H,7-8,10-11H2,(H,27,31)(H,28,30,32). The number of benzene rings is 2. The van der Waals surface area contributed by atoms with Crippen LogP contribution in [0.25, 0.3) is 10.8 Å². The summed E-state index contributed by atoms with van der Waals surface area (Å²) in [6.07, 6.45) is 2.13. The minimum Gasteiger partial charge on any atom is -0.494 e. The summed E-state index contributed by atoms with van der Waals surface area (Å²) in [6.45, 7) is 0.209. The van der Waals surface area contributed by atoms with E-state index in [2.05, 4.69) is 10.6 Å². The number of piperidine rings is 1. The van der Waals surface area contributed by atoms with Gasteiger partial charge in [-0.2, -0.15) is 13.2 Å². The number of thioether (sulfide) groups is 1. The molecule has 1 aliphatic rings. The number of rotatable bonds is 6. The van der Waals surface area contributed by atoms with Crippen molar-refractivity contribution in [2.45, 2.75) is 42.3 Å². The highest BCUT2D eigenvalue weighted by atomic mass is 32.2. The molecule has 3 N–H and O–H groups in total. The number of hydrogen-bond acceptors (Lipinski definition) is 5. The summed E-state index contributed by atoms with van der Waals surface area (Å²) in [6, 6.07) is 10.1. The third-order valence-corrected chi connectivity index (χ3v) is 6.18. The van der Waals surface area contributed by atoms with Gasteiger partial charge in [0.2, 0.25) is 17.7 Å². The van der Waals surface area contributed by atoms with Crippen molar-refractivity contribution in [3.05, 3.63) is 59.8 Å². The van der Waals surface area contributed by atoms with Crippen LogP contribution in [0.3, 0.4) is 0 Å². The van der Waals surface area contributed by atoms with E-state index in [4.69, 9.17) is 0 Å². The van der Waals surface area contributed by atoms with Gasteiger partial charge < -0.3 is 15.0 Å². The van der Waals surface area contributed by atoms with Crippen molar-refractivity contribution >= 4 is 40.3 Å². The van der Waals surface area contributed by atoms with Crippen LogP contribution in [0.4, 0.5) is 13.2 Å². The molecule has 11 heteroatoms. The number of fused-ring (bicyclic) bond motifs is 1. The Morgan fingerprint density at radius 2 is 1.85 bits per heavy atom. The highest BCUT2D eigenvalue weighted by Crippen LogP contribution is 2.37. The van der Waals surface area contributed by atoms with Gasteiger partial charge in [0, 0.05) is 34.8 Å². The quantitative estimate of drug-likeness (QED) is 0.360. The van der Waals surface area contributed by atoms with Crippen LogP contribution in [0.1, 0.15) is 30.0 Å². The van der Waals surface area contributed by atoms with E-state index in [1.807, 2.05) is 0 Å². The molecule has 178 valence electrons. The lowest BCUT2D eigenvalue weighted by atomic mass is 10.1. The number of aromatic nitrogens is 1. The van der Waals surface area contributed by atoms with Crippen molar-refractivity contribution in [3.63, 3.8) is 0 Å². The van der Waals surface area contributed by atoms with E-state index in [-0.39, 0.29) is 60.2 Å². The molecular weight excluding hydrogens is 471 g/mol. The Labute approximate surface area is 196 Å². The van der Waals surface area contributed by atoms with Gasteiger partial charge >= 0.3 is 5.51 Å². The fraction of sp³-hybridized carbons (Fsp3) is 0.261. The van der Waals surface area contributed by atoms with Crippen molar-refractivity contribution in [2.24, 2.45) is 0 Å². The van der Waals surface area contributed by atoms with Crippen LogP contribution in [-0.4, -0.2) is 32.9 Å². The Morgan fingerprint density at radius 3 is 2.53 bits per heavy atom. The fourth-order valence-electron chi connectivity index (χ4n) is 3.83. The van der Waals surface area contributed by atoms with Gasteiger partial charge in [-0.25, -0.2) is 0 Å². The highest BCUT2D eigenvalue weighted by molar-refractivity contribution is 8.00. The Morgan fingerprint density at radius 1 is 1.15 bits per heavy atom. The van der Waals surface area contributed by atoms with E-state index in [0.717, 1.165) is 5.56 Å². The number of nitrogens with zero attached hydrogens (tertiary/aromatic N) is 1. The maximum absolute atomic E-state index is 12.4. The van der Waals surface area contributed by atoms with Gasteiger partial charge in [0.15, 0.2) is 5.88 Å². The van der Waals surface area contributed by atoms with Crippen LogP contribution >= 0.6 is 11.8 Å². The third kappa shape index (κ3) is 5.53. The predicted octanol–water partition coefficient (Wildman–Crippen LogP) is 3.80. The fourth-order valence-corrected chi connectivity index (χ4v) is 4.36. The number of carbonyl (C=O) groups excluding carboxylic acids is 3. The van der Waals surface area contributed by atoms with Gasteiger partial charge in [-0.1, -0.05) is 18.2 Å². The Hall–Kier alpha value is -3.47. The van der Waals surface area contributed by atoms with Gasteiger partial charge in [-0.3, -0.25) is 19.7 Å². The lowest BCUT2D eigenvalue weighted by molar-refractivity contribution is -0.135. The molecule has 1 aliphatic heterocycles. The molecule has 0 aliphatic carbocycles. The molecule has 2 aromatic carbocycles. The number of alkyl halides is 3. The highest BCUT2D eigenvalue weighted by Gasteiger charge is 2.30. The van der Waals surface area contributed by atoms with Crippen LogP contribution in [0, 0.1) is 0 Å². The topological polar surface area (TPSA) is 100 Å². The summed E-state index contributed by atoms with van der Waals surface area (Å²) in [5, 5.41) is 16.8. The molecule has 1 aromatic heterocycles. The van der Waals surface area contributed by atoms with Gasteiger partial charge in [0.05, 0.1) is 6.42 Å². The normalized spacial score (nSPS) is 16.5. The molecule has 4 rings (SSSR count). The molecule has 1 fully saturated rings. The second kappa shape index (κ2) is 9.41. The third-order valence-electron chi connectivity index (χ3n) is 5.44. The second-order valence-electron chi connectivity index (χ2n) is 7.89. The first kappa shape index (κ1) is 23.7. The minimum absolute atomic E-state index is 0.0197. The van der Waals surface area contributed by atoms with E-state index in [1.165, 1.54) is 28.8 Å². The maximum atomic E-state index is 12.4. The van der Waals surface area contributed by atoms with Crippen molar-refractivity contribution in [2.75, 3.05) is 0 Å². The molecule has 0 radical (unpaired) electrons. The van der Waals surface area contributed by atoms with Gasteiger partial charge in [0.1, 0.15) is 6.04 Å². The largest absolute Gasteiger partial charge is 0.494 e. The molecule has 0 saturated carbocycles. The molecule has 0 spiro atoms. The van der Waals surface area contributed by atoms with Crippen LogP contribution in [0.15, 0.2) is 53.6 Å². The van der Waals surface area contributed by atoms with E-state index in [0.29, 0.717) is 16.3 Å². The maximum Gasteiger partial charge on any atom is 0.446 e. The summed E-state index contributed by atoms with van der Waals surface area (Å²) >= 11 is -0.209. The van der Waals surface area contributed by atoms with E-state index in [9.17, 15) is 32.7 Å². The summed E-state index contributed by atoms with van der Waals surface area (Å²) in [5.41, 5.74) is -3.01. The monoisotopic (exact) mass is 491 g/mol. The average molecular weight is 491 g/mol. The van der Waals surface area contributed by atoms with Crippen LogP contribution in [-0.2, 0) is 27.3 Å². The van der Waals surface area contributed by atoms with E-state index >= 15 is 0 Å². The van der Waals surface area contributed by atoms with Crippen molar-refractivity contribution in [1.82, 2.24) is 15.2 Å². The number of nitrogens with one attached hydrogen (secondary N) is 2. The lowest BCUT2D eigenvalue weighted by Gasteiger charge is -2.22. The Bertz CT molecular complexity index is 1250. The zero-order chi connectivity index (χ0) is 24.5. The number of amides is 3. The molecular formula is C23H20F3N3O4S. The molecule has 0 bridgehead atoms. The average Bonchev–Trinajstić information content (AvgIpc) is 3.08. The molecule has 3 aromatic rings. The van der Waals surface area contributed by atoms with Gasteiger partial charge in [-0.15, -0.1) is 0 Å². The van der Waals surface area contributed by atoms with Crippen LogP contribution in [0.5, 0.6) is 5.88 Å². The summed E-state index contributed by atoms with van der Waals surface area (Å²) in [4.78, 5) is 35.9. The molecule has 34 heavy (non-hydrogen) atoms. The second-order valence-corrected chi connectivity index (χ2v) is 9.03. The van der Waals surface area contributed by atoms with Crippen molar-refractivity contribution in [3.8, 4) is 5.88 Å².